The molecule has 0 saturated carbocycles. The Bertz CT molecular complexity index is 3520. The second-order valence-electron chi connectivity index (χ2n) is 14.4. The van der Waals surface area contributed by atoms with Gasteiger partial charge in [-0.1, -0.05) is 127 Å². The molecule has 6 nitrogen and oxygen atoms in total. The van der Waals surface area contributed by atoms with Gasteiger partial charge in [-0.3, -0.25) is 0 Å². The lowest BCUT2D eigenvalue weighted by molar-refractivity contribution is 0.669. The first-order valence-corrected chi connectivity index (χ1v) is 19.1. The summed E-state index contributed by atoms with van der Waals surface area (Å²) in [7, 11) is 0. The van der Waals surface area contributed by atoms with Gasteiger partial charge in [-0.05, 0) is 60.7 Å². The lowest BCUT2D eigenvalue weighted by atomic mass is 10.1. The van der Waals surface area contributed by atoms with Gasteiger partial charge in [-0.2, -0.15) is 0 Å². The summed E-state index contributed by atoms with van der Waals surface area (Å²) in [5.74, 6) is 1.80. The zero-order valence-electron chi connectivity index (χ0n) is 30.5. The fourth-order valence-electron chi connectivity index (χ4n) is 8.64. The number of aromatic nitrogens is 5. The standard InChI is InChI=1S/C51H31N5O/c1-3-14-32(15-4-1)49-52-50(33-26-28-39-38-19-9-12-25-46(38)57-47(39)30-33)54-51(53-49)41-21-13-24-44-48(41)40-20-8-11-23-43(40)56(44)35-27-29-37-36-18-7-10-22-42(36)55(45(37)31-35)34-16-5-2-6-17-34/h1-31H. The van der Waals surface area contributed by atoms with Crippen LogP contribution >= 0.6 is 0 Å². The molecule has 4 aromatic heterocycles. The molecule has 0 unspecified atom stereocenters. The summed E-state index contributed by atoms with van der Waals surface area (Å²) < 4.78 is 11.0. The molecular weight excluding hydrogens is 699 g/mol. The molecule has 0 aliphatic rings. The van der Waals surface area contributed by atoms with Crippen LogP contribution in [0, 0.1) is 0 Å². The van der Waals surface area contributed by atoms with E-state index in [0.29, 0.717) is 17.5 Å². The van der Waals surface area contributed by atoms with Crippen LogP contribution in [0.2, 0.25) is 0 Å². The van der Waals surface area contributed by atoms with Crippen molar-refractivity contribution in [1.82, 2.24) is 24.1 Å². The molecule has 0 amide bonds. The molecule has 8 aromatic carbocycles. The van der Waals surface area contributed by atoms with Crippen LogP contribution in [0.4, 0.5) is 0 Å². The number of benzene rings is 8. The van der Waals surface area contributed by atoms with Crippen molar-refractivity contribution in [2.75, 3.05) is 0 Å². The largest absolute Gasteiger partial charge is 0.456 e. The first-order chi connectivity index (χ1) is 28.3. The van der Waals surface area contributed by atoms with E-state index in [1.54, 1.807) is 0 Å². The van der Waals surface area contributed by atoms with E-state index in [9.17, 15) is 0 Å². The Hall–Kier alpha value is -7.83. The molecule has 4 heterocycles. The lowest BCUT2D eigenvalue weighted by Crippen LogP contribution is -2.00. The zero-order valence-corrected chi connectivity index (χ0v) is 30.5. The van der Waals surface area contributed by atoms with Crippen molar-refractivity contribution in [2.24, 2.45) is 0 Å². The summed E-state index contributed by atoms with van der Waals surface area (Å²) >= 11 is 0. The van der Waals surface area contributed by atoms with E-state index in [1.165, 1.54) is 16.3 Å². The topological polar surface area (TPSA) is 61.7 Å². The monoisotopic (exact) mass is 729 g/mol. The minimum Gasteiger partial charge on any atom is -0.456 e. The first-order valence-electron chi connectivity index (χ1n) is 19.1. The Kier molecular flexibility index (Phi) is 6.83. The Morgan fingerprint density at radius 2 is 0.912 bits per heavy atom. The van der Waals surface area contributed by atoms with Crippen molar-refractivity contribution in [2.45, 2.75) is 0 Å². The Balaban J connectivity index is 1.09. The third-order valence-electron chi connectivity index (χ3n) is 11.2. The van der Waals surface area contributed by atoms with Crippen molar-refractivity contribution < 1.29 is 4.42 Å². The van der Waals surface area contributed by atoms with Crippen molar-refractivity contribution in [3.05, 3.63) is 188 Å². The molecule has 6 heteroatoms. The summed E-state index contributed by atoms with van der Waals surface area (Å²) in [6, 6.07) is 65.6. The van der Waals surface area contributed by atoms with Crippen molar-refractivity contribution in [3.8, 4) is 45.5 Å². The average Bonchev–Trinajstić information content (AvgIpc) is 3.94. The van der Waals surface area contributed by atoms with Crippen molar-refractivity contribution in [1.29, 1.82) is 0 Å². The van der Waals surface area contributed by atoms with Crippen LogP contribution in [0.5, 0.6) is 0 Å². The van der Waals surface area contributed by atoms with E-state index in [-0.39, 0.29) is 0 Å². The number of furan rings is 1. The maximum Gasteiger partial charge on any atom is 0.164 e. The maximum atomic E-state index is 6.30. The molecule has 0 radical (unpaired) electrons. The Labute approximate surface area is 326 Å². The molecule has 0 bridgehead atoms. The normalized spacial score (nSPS) is 11.9. The van der Waals surface area contributed by atoms with E-state index in [1.807, 2.05) is 54.6 Å². The van der Waals surface area contributed by atoms with E-state index in [4.69, 9.17) is 19.4 Å². The predicted octanol–water partition coefficient (Wildman–Crippen LogP) is 13.0. The molecule has 0 N–H and O–H groups in total. The SMILES string of the molecule is c1ccc(-c2nc(-c3ccc4c(c3)oc3ccccc34)nc(-c3cccc4c3c3ccccc3n4-c3ccc4c5ccccc5n(-c5ccccc5)c4c3)n2)cc1. The van der Waals surface area contributed by atoms with Gasteiger partial charge in [0.25, 0.3) is 0 Å². The molecule has 0 spiro atoms. The van der Waals surface area contributed by atoms with Crippen molar-refractivity contribution >= 4 is 65.6 Å². The van der Waals surface area contributed by atoms with Crippen LogP contribution < -0.4 is 0 Å². The first kappa shape index (κ1) is 31.5. The van der Waals surface area contributed by atoms with Gasteiger partial charge in [0.2, 0.25) is 0 Å². The van der Waals surface area contributed by atoms with E-state index in [0.717, 1.165) is 77.3 Å². The van der Waals surface area contributed by atoms with Gasteiger partial charge in [0.15, 0.2) is 17.5 Å². The number of hydrogen-bond acceptors (Lipinski definition) is 4. The van der Waals surface area contributed by atoms with Crippen LogP contribution in [-0.4, -0.2) is 24.1 Å². The van der Waals surface area contributed by atoms with Crippen LogP contribution in [0.15, 0.2) is 192 Å². The van der Waals surface area contributed by atoms with Gasteiger partial charge >= 0.3 is 0 Å². The van der Waals surface area contributed by atoms with Crippen LogP contribution in [0.1, 0.15) is 0 Å². The van der Waals surface area contributed by atoms with Crippen LogP contribution in [0.3, 0.4) is 0 Å². The van der Waals surface area contributed by atoms with E-state index < -0.39 is 0 Å². The number of para-hydroxylation sites is 4. The van der Waals surface area contributed by atoms with E-state index in [2.05, 4.69) is 143 Å². The van der Waals surface area contributed by atoms with Gasteiger partial charge in [0.05, 0.1) is 22.1 Å². The molecule has 0 saturated heterocycles. The molecule has 12 rings (SSSR count). The van der Waals surface area contributed by atoms with Gasteiger partial charge < -0.3 is 13.6 Å². The smallest absolute Gasteiger partial charge is 0.164 e. The lowest BCUT2D eigenvalue weighted by Gasteiger charge is -2.12. The minimum absolute atomic E-state index is 0.584. The molecule has 0 aliphatic heterocycles. The van der Waals surface area contributed by atoms with Gasteiger partial charge in [-0.15, -0.1) is 0 Å². The summed E-state index contributed by atoms with van der Waals surface area (Å²) in [5.41, 5.74) is 11.1. The van der Waals surface area contributed by atoms with Gasteiger partial charge in [-0.25, -0.2) is 15.0 Å². The number of nitrogens with zero attached hydrogens (tertiary/aromatic N) is 5. The molecule has 12 aromatic rings. The molecule has 266 valence electrons. The van der Waals surface area contributed by atoms with Gasteiger partial charge in [0, 0.05) is 60.4 Å². The number of rotatable bonds is 5. The minimum atomic E-state index is 0.584. The van der Waals surface area contributed by atoms with E-state index >= 15 is 0 Å². The summed E-state index contributed by atoms with van der Waals surface area (Å²) in [5, 5.41) is 6.80. The highest BCUT2D eigenvalue weighted by atomic mass is 16.3. The molecule has 0 aliphatic carbocycles. The quantitative estimate of drug-likeness (QED) is 0.177. The highest BCUT2D eigenvalue weighted by Gasteiger charge is 2.21. The Morgan fingerprint density at radius 3 is 1.74 bits per heavy atom. The average molecular weight is 730 g/mol. The maximum absolute atomic E-state index is 6.30. The molecule has 0 fully saturated rings. The molecule has 0 atom stereocenters. The summed E-state index contributed by atoms with van der Waals surface area (Å²) in [6.07, 6.45) is 0. The highest BCUT2D eigenvalue weighted by molar-refractivity contribution is 6.16. The fraction of sp³-hybridized carbons (Fsp3) is 0. The molecular formula is C51H31N5O. The zero-order chi connectivity index (χ0) is 37.5. The fourth-order valence-corrected chi connectivity index (χ4v) is 8.64. The highest BCUT2D eigenvalue weighted by Crippen LogP contribution is 2.40. The Morgan fingerprint density at radius 1 is 0.333 bits per heavy atom. The summed E-state index contributed by atoms with van der Waals surface area (Å²) in [4.78, 5) is 15.5. The third kappa shape index (κ3) is 4.87. The number of hydrogen-bond donors (Lipinski definition) is 0. The second kappa shape index (κ2) is 12.3. The second-order valence-corrected chi connectivity index (χ2v) is 14.4. The predicted molar refractivity (Wildman–Crippen MR) is 232 cm³/mol. The van der Waals surface area contributed by atoms with Gasteiger partial charge in [0.1, 0.15) is 11.2 Å². The van der Waals surface area contributed by atoms with Crippen LogP contribution in [0.25, 0.3) is 111 Å². The molecule has 57 heavy (non-hydrogen) atoms. The van der Waals surface area contributed by atoms with Crippen LogP contribution in [-0.2, 0) is 0 Å². The third-order valence-corrected chi connectivity index (χ3v) is 11.2. The van der Waals surface area contributed by atoms with Crippen molar-refractivity contribution in [3.63, 3.8) is 0 Å². The summed E-state index contributed by atoms with van der Waals surface area (Å²) in [6.45, 7) is 0. The number of fused-ring (bicyclic) bond motifs is 9.